The average Bonchev–Trinajstić information content (AvgIpc) is 3.18. The standard InChI is InChI=1S/C20H27N3O4/c1-14(2)11-17(20(25)27-13-15-7-5-4-6-8-15)22-18(19(24)26-3)12-16-9-10-21-23-16/h4-10,14,17-18,22H,11-13H2,1-3H3,(H,21,23)/t17-,18-/m0/s1. The van der Waals surface area contributed by atoms with Gasteiger partial charge in [-0.3, -0.25) is 20.0 Å². The van der Waals surface area contributed by atoms with Crippen molar-refractivity contribution in [3.05, 3.63) is 53.9 Å². The summed E-state index contributed by atoms with van der Waals surface area (Å²) in [6, 6.07) is 9.98. The number of carbonyl (C=O) groups is 2. The molecule has 2 atom stereocenters. The van der Waals surface area contributed by atoms with Crippen molar-refractivity contribution < 1.29 is 19.1 Å². The number of nitrogens with one attached hydrogen (secondary N) is 2. The van der Waals surface area contributed by atoms with Gasteiger partial charge in [-0.05, 0) is 24.0 Å². The highest BCUT2D eigenvalue weighted by Crippen LogP contribution is 2.11. The molecule has 2 aromatic rings. The molecule has 0 aliphatic carbocycles. The van der Waals surface area contributed by atoms with Gasteiger partial charge in [0.25, 0.3) is 0 Å². The van der Waals surface area contributed by atoms with E-state index in [-0.39, 0.29) is 18.5 Å². The molecule has 1 heterocycles. The predicted molar refractivity (Wildman–Crippen MR) is 101 cm³/mol. The highest BCUT2D eigenvalue weighted by molar-refractivity contribution is 5.79. The Balaban J connectivity index is 2.05. The van der Waals surface area contributed by atoms with Crippen molar-refractivity contribution in [2.24, 2.45) is 5.92 Å². The van der Waals surface area contributed by atoms with Gasteiger partial charge < -0.3 is 9.47 Å². The molecular formula is C20H27N3O4. The summed E-state index contributed by atoms with van der Waals surface area (Å²) in [6.07, 6.45) is 2.50. The van der Waals surface area contributed by atoms with Crippen LogP contribution in [0.4, 0.5) is 0 Å². The highest BCUT2D eigenvalue weighted by atomic mass is 16.5. The van der Waals surface area contributed by atoms with E-state index < -0.39 is 18.1 Å². The molecule has 7 nitrogen and oxygen atoms in total. The fourth-order valence-corrected chi connectivity index (χ4v) is 2.75. The lowest BCUT2D eigenvalue weighted by atomic mass is 10.0. The molecule has 0 saturated heterocycles. The van der Waals surface area contributed by atoms with Crippen LogP contribution in [0, 0.1) is 5.92 Å². The van der Waals surface area contributed by atoms with Crippen LogP contribution in [0.1, 0.15) is 31.5 Å². The van der Waals surface area contributed by atoms with Crippen LogP contribution in [0.2, 0.25) is 0 Å². The Kier molecular flexibility index (Phi) is 8.00. The van der Waals surface area contributed by atoms with Crippen molar-refractivity contribution in [2.75, 3.05) is 7.11 Å². The lowest BCUT2D eigenvalue weighted by molar-refractivity contribution is -0.149. The van der Waals surface area contributed by atoms with Crippen LogP contribution in [0.5, 0.6) is 0 Å². The van der Waals surface area contributed by atoms with Crippen LogP contribution in [0.25, 0.3) is 0 Å². The van der Waals surface area contributed by atoms with E-state index in [1.54, 1.807) is 12.3 Å². The number of benzene rings is 1. The minimum atomic E-state index is -0.677. The number of hydrogen-bond donors (Lipinski definition) is 2. The maximum absolute atomic E-state index is 12.6. The van der Waals surface area contributed by atoms with Crippen LogP contribution < -0.4 is 5.32 Å². The summed E-state index contributed by atoms with van der Waals surface area (Å²) in [5.74, 6) is -0.572. The van der Waals surface area contributed by atoms with Crippen LogP contribution in [-0.2, 0) is 32.1 Å². The van der Waals surface area contributed by atoms with Crippen molar-refractivity contribution in [3.8, 4) is 0 Å². The van der Waals surface area contributed by atoms with Gasteiger partial charge >= 0.3 is 11.9 Å². The summed E-state index contributed by atoms with van der Waals surface area (Å²) in [5.41, 5.74) is 1.69. The molecule has 0 radical (unpaired) electrons. The van der Waals surface area contributed by atoms with Crippen LogP contribution in [0.3, 0.4) is 0 Å². The first-order valence-corrected chi connectivity index (χ1v) is 9.02. The molecule has 146 valence electrons. The van der Waals surface area contributed by atoms with Gasteiger partial charge in [-0.2, -0.15) is 5.10 Å². The third-order valence-electron chi connectivity index (χ3n) is 4.09. The van der Waals surface area contributed by atoms with Crippen molar-refractivity contribution in [3.63, 3.8) is 0 Å². The van der Waals surface area contributed by atoms with Gasteiger partial charge in [0.15, 0.2) is 0 Å². The van der Waals surface area contributed by atoms with Crippen molar-refractivity contribution in [1.29, 1.82) is 0 Å². The number of aromatic nitrogens is 2. The molecule has 27 heavy (non-hydrogen) atoms. The van der Waals surface area contributed by atoms with Gasteiger partial charge in [0.2, 0.25) is 0 Å². The van der Waals surface area contributed by atoms with Crippen molar-refractivity contribution in [2.45, 2.75) is 45.4 Å². The van der Waals surface area contributed by atoms with Gasteiger partial charge in [-0.1, -0.05) is 44.2 Å². The second-order valence-electron chi connectivity index (χ2n) is 6.80. The number of ether oxygens (including phenoxy) is 2. The Morgan fingerprint density at radius 1 is 1.11 bits per heavy atom. The quantitative estimate of drug-likeness (QED) is 0.621. The largest absolute Gasteiger partial charge is 0.468 e. The molecule has 0 fully saturated rings. The first kappa shape index (κ1) is 20.6. The highest BCUT2D eigenvalue weighted by Gasteiger charge is 2.29. The van der Waals surface area contributed by atoms with Crippen LogP contribution in [0.15, 0.2) is 42.6 Å². The van der Waals surface area contributed by atoms with E-state index in [9.17, 15) is 9.59 Å². The van der Waals surface area contributed by atoms with Gasteiger partial charge in [0.05, 0.1) is 7.11 Å². The zero-order chi connectivity index (χ0) is 19.6. The van der Waals surface area contributed by atoms with Gasteiger partial charge in [-0.25, -0.2) is 0 Å². The van der Waals surface area contributed by atoms with Crippen molar-refractivity contribution >= 4 is 11.9 Å². The average molecular weight is 373 g/mol. The van der Waals surface area contributed by atoms with Crippen molar-refractivity contribution in [1.82, 2.24) is 15.5 Å². The first-order chi connectivity index (χ1) is 13.0. The first-order valence-electron chi connectivity index (χ1n) is 9.02. The topological polar surface area (TPSA) is 93.3 Å². The minimum Gasteiger partial charge on any atom is -0.468 e. The third-order valence-corrected chi connectivity index (χ3v) is 4.09. The van der Waals surface area contributed by atoms with E-state index >= 15 is 0 Å². The van der Waals surface area contributed by atoms with Gasteiger partial charge in [-0.15, -0.1) is 0 Å². The summed E-state index contributed by atoms with van der Waals surface area (Å²) in [7, 11) is 1.33. The Hall–Kier alpha value is -2.67. The molecule has 0 bridgehead atoms. The molecule has 0 amide bonds. The second kappa shape index (κ2) is 10.5. The smallest absolute Gasteiger partial charge is 0.323 e. The third kappa shape index (κ3) is 6.86. The fraction of sp³-hybridized carbons (Fsp3) is 0.450. The Morgan fingerprint density at radius 2 is 1.85 bits per heavy atom. The molecule has 0 spiro atoms. The zero-order valence-corrected chi connectivity index (χ0v) is 16.0. The Bertz CT molecular complexity index is 701. The molecular weight excluding hydrogens is 346 g/mol. The monoisotopic (exact) mass is 373 g/mol. The molecule has 1 aromatic heterocycles. The minimum absolute atomic E-state index is 0.194. The number of esters is 2. The molecule has 0 aliphatic rings. The maximum Gasteiger partial charge on any atom is 0.323 e. The number of nitrogens with zero attached hydrogens (tertiary/aromatic N) is 1. The number of carbonyl (C=O) groups excluding carboxylic acids is 2. The van der Waals surface area contributed by atoms with E-state index in [0.29, 0.717) is 12.8 Å². The summed E-state index contributed by atoms with van der Waals surface area (Å²) >= 11 is 0. The number of methoxy groups -OCH3 is 1. The molecule has 7 heteroatoms. The Labute approximate surface area is 159 Å². The summed E-state index contributed by atoms with van der Waals surface area (Å²) in [6.45, 7) is 4.22. The second-order valence-corrected chi connectivity index (χ2v) is 6.80. The number of rotatable bonds is 10. The number of aromatic amines is 1. The molecule has 0 aliphatic heterocycles. The molecule has 0 saturated carbocycles. The zero-order valence-electron chi connectivity index (χ0n) is 16.0. The molecule has 2 N–H and O–H groups in total. The number of H-pyrrole nitrogens is 1. The lowest BCUT2D eigenvalue weighted by Crippen LogP contribution is -2.49. The molecule has 0 unspecified atom stereocenters. The predicted octanol–water partition coefficient (Wildman–Crippen LogP) is 2.24. The van der Waals surface area contributed by atoms with E-state index in [4.69, 9.17) is 9.47 Å². The summed E-state index contributed by atoms with van der Waals surface area (Å²) < 4.78 is 10.4. The fourth-order valence-electron chi connectivity index (χ4n) is 2.75. The number of hydrogen-bond acceptors (Lipinski definition) is 6. The van der Waals surface area contributed by atoms with Gasteiger partial charge in [0, 0.05) is 18.3 Å². The SMILES string of the molecule is COC(=O)[C@H](Cc1ccn[nH]1)N[C@@H](CC(C)C)C(=O)OCc1ccccc1. The van der Waals surface area contributed by atoms with Crippen LogP contribution in [-0.4, -0.2) is 41.3 Å². The van der Waals surface area contributed by atoms with E-state index in [1.807, 2.05) is 44.2 Å². The molecule has 2 rings (SSSR count). The summed E-state index contributed by atoms with van der Waals surface area (Å²) in [5, 5.41) is 9.83. The maximum atomic E-state index is 12.6. The van der Waals surface area contributed by atoms with E-state index in [0.717, 1.165) is 11.3 Å². The van der Waals surface area contributed by atoms with E-state index in [2.05, 4.69) is 15.5 Å². The summed E-state index contributed by atoms with van der Waals surface area (Å²) in [4.78, 5) is 24.8. The normalized spacial score (nSPS) is 13.2. The van der Waals surface area contributed by atoms with Gasteiger partial charge in [0.1, 0.15) is 18.7 Å². The van der Waals surface area contributed by atoms with Crippen LogP contribution >= 0.6 is 0 Å². The van der Waals surface area contributed by atoms with E-state index in [1.165, 1.54) is 7.11 Å². The Morgan fingerprint density at radius 3 is 2.44 bits per heavy atom. The molecule has 1 aromatic carbocycles. The lowest BCUT2D eigenvalue weighted by Gasteiger charge is -2.24.